The van der Waals surface area contributed by atoms with Crippen LogP contribution in [0.15, 0.2) is 71.7 Å². The van der Waals surface area contributed by atoms with Crippen LogP contribution in [0.3, 0.4) is 0 Å². The van der Waals surface area contributed by atoms with Crippen LogP contribution < -0.4 is 14.2 Å². The van der Waals surface area contributed by atoms with Crippen LogP contribution >= 0.6 is 0 Å². The number of nitrogens with zero attached hydrogens (tertiary/aromatic N) is 3. The molecule has 1 fully saturated rings. The zero-order valence-corrected chi connectivity index (χ0v) is 19.4. The SMILES string of the molecule is COc1cccc(C(=O)N2CCCN(C3=Nc4ccccc4Oc4cc(OC)ccc43)CC2)c1. The predicted octanol–water partition coefficient (Wildman–Crippen LogP) is 4.74. The van der Waals surface area contributed by atoms with E-state index >= 15 is 0 Å². The van der Waals surface area contributed by atoms with Gasteiger partial charge in [-0.2, -0.15) is 0 Å². The molecule has 0 radical (unpaired) electrons. The molecule has 0 unspecified atom stereocenters. The van der Waals surface area contributed by atoms with Gasteiger partial charge in [-0.25, -0.2) is 4.99 Å². The van der Waals surface area contributed by atoms with Crippen molar-refractivity contribution >= 4 is 17.4 Å². The summed E-state index contributed by atoms with van der Waals surface area (Å²) in [5.74, 6) is 3.68. The number of amides is 1. The summed E-state index contributed by atoms with van der Waals surface area (Å²) in [5.41, 5.74) is 2.32. The molecule has 174 valence electrons. The van der Waals surface area contributed by atoms with Crippen molar-refractivity contribution in [3.63, 3.8) is 0 Å². The molecule has 3 aromatic rings. The van der Waals surface area contributed by atoms with Gasteiger partial charge in [0.2, 0.25) is 0 Å². The van der Waals surface area contributed by atoms with Gasteiger partial charge in [0.1, 0.15) is 28.8 Å². The van der Waals surface area contributed by atoms with Crippen molar-refractivity contribution in [2.75, 3.05) is 40.4 Å². The minimum Gasteiger partial charge on any atom is -0.497 e. The monoisotopic (exact) mass is 457 g/mol. The Labute approximate surface area is 199 Å². The van der Waals surface area contributed by atoms with E-state index in [2.05, 4.69) is 4.90 Å². The average molecular weight is 458 g/mol. The first-order valence-electron chi connectivity index (χ1n) is 11.4. The van der Waals surface area contributed by atoms with E-state index in [9.17, 15) is 4.79 Å². The Morgan fingerprint density at radius 1 is 0.853 bits per heavy atom. The maximum atomic E-state index is 13.2. The van der Waals surface area contributed by atoms with Gasteiger partial charge in [-0.05, 0) is 48.9 Å². The number of rotatable bonds is 3. The highest BCUT2D eigenvalue weighted by molar-refractivity contribution is 6.04. The minimum absolute atomic E-state index is 0.0161. The number of carbonyl (C=O) groups is 1. The van der Waals surface area contributed by atoms with Gasteiger partial charge in [0, 0.05) is 37.8 Å². The molecule has 0 aliphatic carbocycles. The zero-order valence-electron chi connectivity index (χ0n) is 19.4. The normalized spacial score (nSPS) is 15.2. The summed E-state index contributed by atoms with van der Waals surface area (Å²) >= 11 is 0. The standard InChI is InChI=1S/C27H27N3O4/c1-32-20-8-5-7-19(17-20)27(31)30-14-6-13-29(15-16-30)26-22-12-11-21(33-2)18-25(22)34-24-10-4-3-9-23(24)28-26/h3-5,7-12,17-18H,6,13-16H2,1-2H3. The first-order chi connectivity index (χ1) is 16.7. The lowest BCUT2D eigenvalue weighted by Gasteiger charge is -2.25. The molecular weight excluding hydrogens is 430 g/mol. The van der Waals surface area contributed by atoms with Crippen molar-refractivity contribution in [3.8, 4) is 23.0 Å². The van der Waals surface area contributed by atoms with Crippen molar-refractivity contribution in [1.29, 1.82) is 0 Å². The summed E-state index contributed by atoms with van der Waals surface area (Å²) in [6.45, 7) is 2.74. The quantitative estimate of drug-likeness (QED) is 0.569. The molecule has 0 N–H and O–H groups in total. The number of aliphatic imine (C=N–C) groups is 1. The number of carbonyl (C=O) groups excluding carboxylic acids is 1. The fourth-order valence-corrected chi connectivity index (χ4v) is 4.34. The smallest absolute Gasteiger partial charge is 0.254 e. The molecular formula is C27H27N3O4. The molecule has 1 saturated heterocycles. The lowest BCUT2D eigenvalue weighted by molar-refractivity contribution is 0.0763. The number of amidine groups is 1. The third kappa shape index (κ3) is 4.29. The number of para-hydroxylation sites is 2. The average Bonchev–Trinajstić information content (AvgIpc) is 3.22. The Bertz CT molecular complexity index is 1240. The first-order valence-corrected chi connectivity index (χ1v) is 11.4. The van der Waals surface area contributed by atoms with Crippen LogP contribution in [0.1, 0.15) is 22.3 Å². The maximum absolute atomic E-state index is 13.2. The summed E-state index contributed by atoms with van der Waals surface area (Å²) in [7, 11) is 3.25. The van der Waals surface area contributed by atoms with Gasteiger partial charge in [0.15, 0.2) is 5.75 Å². The van der Waals surface area contributed by atoms with Gasteiger partial charge in [-0.15, -0.1) is 0 Å². The van der Waals surface area contributed by atoms with Crippen LogP contribution in [-0.4, -0.2) is 61.9 Å². The number of hydrogen-bond acceptors (Lipinski definition) is 6. The van der Waals surface area contributed by atoms with Gasteiger partial charge in [-0.1, -0.05) is 18.2 Å². The molecule has 1 amide bonds. The topological polar surface area (TPSA) is 63.6 Å². The molecule has 7 nitrogen and oxygen atoms in total. The summed E-state index contributed by atoms with van der Waals surface area (Å²) in [5, 5.41) is 0. The van der Waals surface area contributed by atoms with Crippen molar-refractivity contribution in [1.82, 2.24) is 9.80 Å². The highest BCUT2D eigenvalue weighted by Crippen LogP contribution is 2.39. The van der Waals surface area contributed by atoms with Crippen LogP contribution in [0.2, 0.25) is 0 Å². The van der Waals surface area contributed by atoms with E-state index in [1.165, 1.54) is 0 Å². The fourth-order valence-electron chi connectivity index (χ4n) is 4.34. The summed E-state index contributed by atoms with van der Waals surface area (Å²) < 4.78 is 16.9. The van der Waals surface area contributed by atoms with E-state index in [0.29, 0.717) is 42.4 Å². The Kier molecular flexibility index (Phi) is 6.08. The molecule has 0 spiro atoms. The third-order valence-corrected chi connectivity index (χ3v) is 6.14. The van der Waals surface area contributed by atoms with E-state index in [0.717, 1.165) is 35.8 Å². The highest BCUT2D eigenvalue weighted by atomic mass is 16.5. The number of benzene rings is 3. The number of hydrogen-bond donors (Lipinski definition) is 0. The van der Waals surface area contributed by atoms with Crippen LogP contribution in [0.4, 0.5) is 5.69 Å². The molecule has 3 aromatic carbocycles. The fraction of sp³-hybridized carbons (Fsp3) is 0.259. The lowest BCUT2D eigenvalue weighted by atomic mass is 10.1. The third-order valence-electron chi connectivity index (χ3n) is 6.14. The number of fused-ring (bicyclic) bond motifs is 2. The molecule has 34 heavy (non-hydrogen) atoms. The Morgan fingerprint density at radius 2 is 1.68 bits per heavy atom. The van der Waals surface area contributed by atoms with Crippen molar-refractivity contribution < 1.29 is 19.0 Å². The number of methoxy groups -OCH3 is 2. The summed E-state index contributed by atoms with van der Waals surface area (Å²) in [4.78, 5) is 22.3. The first kappa shape index (κ1) is 21.8. The van der Waals surface area contributed by atoms with E-state index in [1.807, 2.05) is 65.6 Å². The second kappa shape index (κ2) is 9.47. The Hall–Kier alpha value is -4.00. The summed E-state index contributed by atoms with van der Waals surface area (Å²) in [6.07, 6.45) is 0.836. The second-order valence-corrected chi connectivity index (χ2v) is 8.23. The highest BCUT2D eigenvalue weighted by Gasteiger charge is 2.27. The molecule has 2 aliphatic rings. The Balaban J connectivity index is 1.43. The molecule has 0 atom stereocenters. The zero-order chi connectivity index (χ0) is 23.5. The second-order valence-electron chi connectivity index (χ2n) is 8.23. The molecule has 0 aromatic heterocycles. The Morgan fingerprint density at radius 3 is 2.53 bits per heavy atom. The van der Waals surface area contributed by atoms with Gasteiger partial charge >= 0.3 is 0 Å². The number of ether oxygens (including phenoxy) is 3. The maximum Gasteiger partial charge on any atom is 0.254 e. The largest absolute Gasteiger partial charge is 0.497 e. The van der Waals surface area contributed by atoms with Crippen LogP contribution in [0, 0.1) is 0 Å². The minimum atomic E-state index is 0.0161. The van der Waals surface area contributed by atoms with Crippen molar-refractivity contribution in [2.24, 2.45) is 4.99 Å². The lowest BCUT2D eigenvalue weighted by Crippen LogP contribution is -2.37. The molecule has 0 saturated carbocycles. The van der Waals surface area contributed by atoms with E-state index < -0.39 is 0 Å². The molecule has 2 heterocycles. The van der Waals surface area contributed by atoms with Crippen LogP contribution in [0.25, 0.3) is 0 Å². The molecule has 0 bridgehead atoms. The van der Waals surface area contributed by atoms with Crippen molar-refractivity contribution in [3.05, 3.63) is 77.9 Å². The van der Waals surface area contributed by atoms with E-state index in [4.69, 9.17) is 19.2 Å². The predicted molar refractivity (Wildman–Crippen MR) is 131 cm³/mol. The molecule has 2 aliphatic heterocycles. The van der Waals surface area contributed by atoms with E-state index in [-0.39, 0.29) is 5.91 Å². The molecule has 7 heteroatoms. The van der Waals surface area contributed by atoms with Crippen molar-refractivity contribution in [2.45, 2.75) is 6.42 Å². The summed E-state index contributed by atoms with van der Waals surface area (Å²) in [6, 6.07) is 20.9. The van der Waals surface area contributed by atoms with Crippen LogP contribution in [0.5, 0.6) is 23.0 Å². The van der Waals surface area contributed by atoms with Gasteiger partial charge < -0.3 is 24.0 Å². The van der Waals surface area contributed by atoms with Gasteiger partial charge in [-0.3, -0.25) is 4.79 Å². The molecule has 5 rings (SSSR count). The van der Waals surface area contributed by atoms with Gasteiger partial charge in [0.25, 0.3) is 5.91 Å². The van der Waals surface area contributed by atoms with E-state index in [1.54, 1.807) is 20.3 Å². The van der Waals surface area contributed by atoms with Crippen LogP contribution in [-0.2, 0) is 0 Å². The van der Waals surface area contributed by atoms with Gasteiger partial charge in [0.05, 0.1) is 19.8 Å².